The van der Waals surface area contributed by atoms with Crippen LogP contribution in [0, 0.1) is 0 Å². The van der Waals surface area contributed by atoms with Crippen molar-refractivity contribution in [2.75, 3.05) is 490 Å². The van der Waals surface area contributed by atoms with Gasteiger partial charge in [0.15, 0.2) is 0 Å². The van der Waals surface area contributed by atoms with Crippen LogP contribution in [0.2, 0.25) is 0 Å². The molecule has 0 N–H and O–H groups in total. The van der Waals surface area contributed by atoms with E-state index in [4.69, 9.17) is 180 Å². The van der Waals surface area contributed by atoms with Gasteiger partial charge in [0, 0.05) is 19.3 Å². The summed E-state index contributed by atoms with van der Waals surface area (Å²) in [6.07, 6.45) is 0.753. The summed E-state index contributed by atoms with van der Waals surface area (Å²) in [6.45, 7) is 39.7. The van der Waals surface area contributed by atoms with E-state index in [0.717, 1.165) is 6.42 Å². The zero-order valence-electron chi connectivity index (χ0n) is 72.0. The van der Waals surface area contributed by atoms with Gasteiger partial charge in [0.1, 0.15) is 13.4 Å². The van der Waals surface area contributed by atoms with Crippen LogP contribution in [0.15, 0.2) is 12.2 Å². The van der Waals surface area contributed by atoms with Gasteiger partial charge in [-0.1, -0.05) is 6.58 Å². The van der Waals surface area contributed by atoms with Gasteiger partial charge in [-0.2, -0.15) is 0 Å². The summed E-state index contributed by atoms with van der Waals surface area (Å²) < 4.78 is 208. The maximum atomic E-state index is 11.3. The molecule has 0 heterocycles. The Bertz CT molecular complexity index is 1780. The second-order valence-electron chi connectivity index (χ2n) is 24.0. The normalized spacial score (nSPS) is 11.7. The highest BCUT2D eigenvalue weighted by Crippen LogP contribution is 1.97. The summed E-state index contributed by atoms with van der Waals surface area (Å²) in [4.78, 5) is 11.3. The maximum absolute atomic E-state index is 11.3. The fourth-order valence-corrected chi connectivity index (χ4v) is 8.26. The van der Waals surface area contributed by atoms with E-state index in [0.29, 0.717) is 475 Å². The molecule has 0 atom stereocenters. The van der Waals surface area contributed by atoms with Gasteiger partial charge in [-0.25, -0.2) is 4.79 Å². The van der Waals surface area contributed by atoms with Gasteiger partial charge in [0.05, 0.1) is 462 Å². The van der Waals surface area contributed by atoms with Crippen molar-refractivity contribution in [3.63, 3.8) is 0 Å². The summed E-state index contributed by atoms with van der Waals surface area (Å²) in [5.74, 6) is -0.421. The fraction of sp³-hybridized carbons (Fsp3) is 0.962. The Morgan fingerprint density at radius 1 is 0.153 bits per heavy atom. The number of ether oxygens (including phenoxy) is 38. The van der Waals surface area contributed by atoms with E-state index in [1.54, 1.807) is 14.0 Å². The summed E-state index contributed by atoms with van der Waals surface area (Å²) in [5, 5.41) is 0. The van der Waals surface area contributed by atoms with E-state index in [-0.39, 0.29) is 13.4 Å². The van der Waals surface area contributed by atoms with Crippen molar-refractivity contribution in [2.24, 2.45) is 0 Å². The Hall–Kier alpha value is -2.27. The molecular weight excluding hydrogens is 1570 g/mol. The Morgan fingerprint density at radius 2 is 0.254 bits per heavy atom. The van der Waals surface area contributed by atoms with Crippen LogP contribution in [0.1, 0.15) is 13.3 Å². The molecule has 0 radical (unpaired) electrons. The Balaban J connectivity index is 3.10. The molecule has 0 aromatic carbocycles. The third-order valence-corrected chi connectivity index (χ3v) is 14.3. The summed E-state index contributed by atoms with van der Waals surface area (Å²) in [6, 6.07) is 0. The molecule has 0 aliphatic rings. The van der Waals surface area contributed by atoms with Crippen LogP contribution in [0.4, 0.5) is 0 Å². The minimum atomic E-state index is -0.421. The highest BCUT2D eigenvalue weighted by Gasteiger charge is 2.06. The average Bonchev–Trinajstić information content (AvgIpc) is 1.03. The molecule has 39 nitrogen and oxygen atoms in total. The molecule has 39 heteroatoms. The number of esters is 1. The van der Waals surface area contributed by atoms with Gasteiger partial charge >= 0.3 is 5.97 Å². The molecule has 0 aliphatic carbocycles. The Morgan fingerprint density at radius 3 is 0.390 bits per heavy atom. The molecule has 0 saturated carbocycles. The molecular formula is C79H156O39. The number of rotatable bonds is 112. The standard InChI is InChI=1S/C79H156O39/c1-78(2)79(80)118-76-75-115-72-71-113-68-67-111-64-63-109-60-59-90-22-21-88-18-17-86-14-13-84-10-9-82-5-4-6-116-77-117-74-73-114-70-69-112-66-65-110-62-61-108-58-57-107-56-55-106-54-53-105-52-51-104-50-49-103-48-47-102-46-45-101-44-43-100-42-41-99-40-39-98-38-37-97-36-35-96-34-33-95-32-31-94-30-29-93-28-27-92-26-25-91-24-23-89-20-19-87-16-15-85-12-11-83-8-7-81-3/h1,4-77H2,2-3H3. The van der Waals surface area contributed by atoms with E-state index < -0.39 is 5.97 Å². The number of hydrogen-bond donors (Lipinski definition) is 0. The first-order valence-electron chi connectivity index (χ1n) is 41.8. The highest BCUT2D eigenvalue weighted by atomic mass is 16.7. The van der Waals surface area contributed by atoms with Crippen molar-refractivity contribution < 1.29 is 185 Å². The van der Waals surface area contributed by atoms with Crippen molar-refractivity contribution >= 4 is 5.97 Å². The van der Waals surface area contributed by atoms with Crippen LogP contribution in [-0.4, -0.2) is 496 Å². The number of methoxy groups -OCH3 is 1. The zero-order chi connectivity index (χ0) is 84.4. The third-order valence-electron chi connectivity index (χ3n) is 14.3. The lowest BCUT2D eigenvalue weighted by molar-refractivity contribution is -0.140. The molecule has 0 saturated heterocycles. The van der Waals surface area contributed by atoms with Crippen molar-refractivity contribution in [2.45, 2.75) is 13.3 Å². The third kappa shape index (κ3) is 110. The van der Waals surface area contributed by atoms with E-state index in [1.807, 2.05) is 0 Å². The van der Waals surface area contributed by atoms with E-state index in [9.17, 15) is 4.79 Å². The largest absolute Gasteiger partial charge is 0.460 e. The lowest BCUT2D eigenvalue weighted by Gasteiger charge is -2.09. The number of carbonyl (C=O) groups is 1. The van der Waals surface area contributed by atoms with Crippen LogP contribution in [0.3, 0.4) is 0 Å². The van der Waals surface area contributed by atoms with Gasteiger partial charge in [-0.05, 0) is 13.3 Å². The molecule has 0 rings (SSSR count). The topological polar surface area (TPSA) is 368 Å². The van der Waals surface area contributed by atoms with E-state index in [2.05, 4.69) is 6.58 Å². The molecule has 0 bridgehead atoms. The number of carbonyl (C=O) groups excluding carboxylic acids is 1. The predicted molar refractivity (Wildman–Crippen MR) is 427 cm³/mol. The van der Waals surface area contributed by atoms with Crippen LogP contribution in [0.25, 0.3) is 0 Å². The van der Waals surface area contributed by atoms with Crippen LogP contribution in [-0.2, 0) is 185 Å². The second kappa shape index (κ2) is 111. The zero-order valence-corrected chi connectivity index (χ0v) is 72.0. The van der Waals surface area contributed by atoms with Gasteiger partial charge in [0.25, 0.3) is 0 Å². The quantitative estimate of drug-likeness (QED) is 0.0362. The summed E-state index contributed by atoms with van der Waals surface area (Å²) in [7, 11) is 1.64. The molecule has 0 aliphatic heterocycles. The first-order chi connectivity index (χ1) is 58.7. The lowest BCUT2D eigenvalue weighted by atomic mass is 10.4. The summed E-state index contributed by atoms with van der Waals surface area (Å²) in [5.41, 5.74) is 0.362. The smallest absolute Gasteiger partial charge is 0.333 e. The molecule has 0 unspecified atom stereocenters. The van der Waals surface area contributed by atoms with Crippen LogP contribution < -0.4 is 0 Å². The first-order valence-corrected chi connectivity index (χ1v) is 41.8. The molecule has 0 aromatic heterocycles. The highest BCUT2D eigenvalue weighted by molar-refractivity contribution is 5.86. The van der Waals surface area contributed by atoms with Crippen molar-refractivity contribution in [3.8, 4) is 0 Å². The van der Waals surface area contributed by atoms with E-state index >= 15 is 0 Å². The second-order valence-corrected chi connectivity index (χ2v) is 24.0. The molecule has 0 amide bonds. The monoisotopic (exact) mass is 1730 g/mol. The molecule has 118 heavy (non-hydrogen) atoms. The molecule has 706 valence electrons. The summed E-state index contributed by atoms with van der Waals surface area (Å²) >= 11 is 0. The Kier molecular flexibility index (Phi) is 109. The van der Waals surface area contributed by atoms with Gasteiger partial charge in [-0.15, -0.1) is 0 Å². The number of hydrogen-bond acceptors (Lipinski definition) is 39. The van der Waals surface area contributed by atoms with Crippen LogP contribution in [0.5, 0.6) is 0 Å². The van der Waals surface area contributed by atoms with Crippen LogP contribution >= 0.6 is 0 Å². The van der Waals surface area contributed by atoms with Gasteiger partial charge < -0.3 is 180 Å². The van der Waals surface area contributed by atoms with Gasteiger partial charge in [0.2, 0.25) is 0 Å². The first kappa shape index (κ1) is 116. The minimum Gasteiger partial charge on any atom is -0.460 e. The van der Waals surface area contributed by atoms with Gasteiger partial charge in [-0.3, -0.25) is 0 Å². The average molecular weight is 1730 g/mol. The van der Waals surface area contributed by atoms with Crippen molar-refractivity contribution in [3.05, 3.63) is 12.2 Å². The maximum Gasteiger partial charge on any atom is 0.333 e. The molecule has 0 fully saturated rings. The molecule has 0 spiro atoms. The lowest BCUT2D eigenvalue weighted by Crippen LogP contribution is -2.16. The minimum absolute atomic E-state index is 0.188. The Labute approximate surface area is 703 Å². The van der Waals surface area contributed by atoms with E-state index in [1.165, 1.54) is 0 Å². The predicted octanol–water partition coefficient (Wildman–Crippen LogP) is 1.70. The fourth-order valence-electron chi connectivity index (χ4n) is 8.26. The van der Waals surface area contributed by atoms with Crippen molar-refractivity contribution in [1.29, 1.82) is 0 Å². The van der Waals surface area contributed by atoms with Crippen molar-refractivity contribution in [1.82, 2.24) is 0 Å². The molecule has 0 aromatic rings. The SMILES string of the molecule is C=C(C)C(=O)OCCOCCOCCOCCOCCOCCOCCOCCOCCOCCCOCOCCOCCOCCOCCOCCOCCOCCOCCOCCOCCOCCOCCOCCOCCOCCOCCOCCOCCOCCOCCOCCOCCOCCOCCOCCOCCOC.